The third kappa shape index (κ3) is 5.18. The number of nitrogens with one attached hydrogen (secondary N) is 2. The summed E-state index contributed by atoms with van der Waals surface area (Å²) in [7, 11) is 1.94. The molecule has 2 heterocycles. The number of hydrogen-bond acceptors (Lipinski definition) is 3. The number of guanidine groups is 1. The molecule has 120 valence electrons. The van der Waals surface area contributed by atoms with Gasteiger partial charge in [-0.05, 0) is 30.4 Å². The highest BCUT2D eigenvalue weighted by Gasteiger charge is 2.06. The molecule has 0 fully saturated rings. The Morgan fingerprint density at radius 1 is 1.45 bits per heavy atom. The van der Waals surface area contributed by atoms with Crippen LogP contribution >= 0.6 is 11.3 Å². The van der Waals surface area contributed by atoms with Crippen LogP contribution in [0.3, 0.4) is 0 Å². The van der Waals surface area contributed by atoms with E-state index in [0.717, 1.165) is 32.0 Å². The third-order valence-corrected chi connectivity index (χ3v) is 4.46. The van der Waals surface area contributed by atoms with Gasteiger partial charge in [-0.3, -0.25) is 9.67 Å². The van der Waals surface area contributed by atoms with Crippen molar-refractivity contribution < 1.29 is 0 Å². The molecule has 1 unspecified atom stereocenters. The molecule has 0 saturated heterocycles. The second kappa shape index (κ2) is 8.58. The van der Waals surface area contributed by atoms with E-state index in [1.807, 2.05) is 24.1 Å². The molecule has 2 rings (SSSR count). The molecule has 2 N–H and O–H groups in total. The molecule has 0 radical (unpaired) electrons. The normalized spacial score (nSPS) is 13.1. The maximum Gasteiger partial charge on any atom is 0.191 e. The Balaban J connectivity index is 1.81. The predicted molar refractivity (Wildman–Crippen MR) is 93.6 cm³/mol. The van der Waals surface area contributed by atoms with Gasteiger partial charge in [-0.2, -0.15) is 5.10 Å². The highest BCUT2D eigenvalue weighted by atomic mass is 32.1. The second-order valence-corrected chi connectivity index (χ2v) is 6.31. The zero-order chi connectivity index (χ0) is 15.8. The molecule has 0 bridgehead atoms. The largest absolute Gasteiger partial charge is 0.357 e. The van der Waals surface area contributed by atoms with Gasteiger partial charge < -0.3 is 10.6 Å². The van der Waals surface area contributed by atoms with Gasteiger partial charge in [0.1, 0.15) is 0 Å². The third-order valence-electron chi connectivity index (χ3n) is 3.36. The number of thiophene rings is 1. The van der Waals surface area contributed by atoms with E-state index in [1.165, 1.54) is 10.4 Å². The Bertz CT molecular complexity index is 573. The summed E-state index contributed by atoms with van der Waals surface area (Å²) < 4.78 is 1.83. The predicted octanol–water partition coefficient (Wildman–Crippen LogP) is 2.38. The molecular formula is C16H25N5S. The monoisotopic (exact) mass is 319 g/mol. The van der Waals surface area contributed by atoms with Crippen molar-refractivity contribution in [3.8, 4) is 0 Å². The molecule has 0 aliphatic rings. The fourth-order valence-electron chi connectivity index (χ4n) is 2.16. The van der Waals surface area contributed by atoms with Crippen LogP contribution in [0.1, 0.15) is 30.2 Å². The Kier molecular flexibility index (Phi) is 6.45. The Hall–Kier alpha value is -1.82. The van der Waals surface area contributed by atoms with E-state index in [2.05, 4.69) is 52.1 Å². The summed E-state index contributed by atoms with van der Waals surface area (Å²) in [6.45, 7) is 6.81. The van der Waals surface area contributed by atoms with Crippen LogP contribution in [0.15, 0.2) is 34.9 Å². The molecular weight excluding hydrogens is 294 g/mol. The van der Waals surface area contributed by atoms with Crippen LogP contribution in [0, 0.1) is 0 Å². The summed E-state index contributed by atoms with van der Waals surface area (Å²) in [5, 5.41) is 13.0. The molecule has 0 aliphatic carbocycles. The van der Waals surface area contributed by atoms with Crippen molar-refractivity contribution in [1.29, 1.82) is 0 Å². The molecule has 0 aliphatic heterocycles. The van der Waals surface area contributed by atoms with Crippen molar-refractivity contribution >= 4 is 17.3 Å². The fourth-order valence-corrected chi connectivity index (χ4v) is 2.94. The molecule has 0 amide bonds. The lowest BCUT2D eigenvalue weighted by Crippen LogP contribution is -2.38. The Morgan fingerprint density at radius 3 is 2.95 bits per heavy atom. The van der Waals surface area contributed by atoms with E-state index in [4.69, 9.17) is 0 Å². The summed E-state index contributed by atoms with van der Waals surface area (Å²) in [6.07, 6.45) is 4.90. The van der Waals surface area contributed by atoms with Gasteiger partial charge in [-0.25, -0.2) is 0 Å². The van der Waals surface area contributed by atoms with Crippen LogP contribution in [0.5, 0.6) is 0 Å². The van der Waals surface area contributed by atoms with Crippen LogP contribution in [-0.4, -0.2) is 35.4 Å². The smallest absolute Gasteiger partial charge is 0.191 e. The van der Waals surface area contributed by atoms with Crippen LogP contribution in [0.4, 0.5) is 0 Å². The van der Waals surface area contributed by atoms with Crippen molar-refractivity contribution in [3.05, 3.63) is 40.3 Å². The van der Waals surface area contributed by atoms with Crippen LogP contribution in [0.25, 0.3) is 0 Å². The van der Waals surface area contributed by atoms with E-state index in [0.29, 0.717) is 5.92 Å². The minimum Gasteiger partial charge on any atom is -0.357 e. The minimum atomic E-state index is 0.453. The molecule has 0 aromatic carbocycles. The molecule has 0 spiro atoms. The molecule has 5 nitrogen and oxygen atoms in total. The summed E-state index contributed by atoms with van der Waals surface area (Å²) in [5.41, 5.74) is 1.23. The highest BCUT2D eigenvalue weighted by Crippen LogP contribution is 2.20. The highest BCUT2D eigenvalue weighted by molar-refractivity contribution is 7.10. The zero-order valence-electron chi connectivity index (χ0n) is 13.5. The topological polar surface area (TPSA) is 54.2 Å². The van der Waals surface area contributed by atoms with Gasteiger partial charge in [0, 0.05) is 37.1 Å². The molecule has 6 heteroatoms. The summed E-state index contributed by atoms with van der Waals surface area (Å²) in [4.78, 5) is 6.07. The molecule has 0 saturated carbocycles. The maximum absolute atomic E-state index is 4.69. The fraction of sp³-hybridized carbons (Fsp3) is 0.500. The van der Waals surface area contributed by atoms with E-state index in [9.17, 15) is 0 Å². The summed E-state index contributed by atoms with van der Waals surface area (Å²) >= 11 is 1.79. The van der Waals surface area contributed by atoms with Gasteiger partial charge >= 0.3 is 0 Å². The first kappa shape index (κ1) is 16.5. The minimum absolute atomic E-state index is 0.453. The van der Waals surface area contributed by atoms with Crippen molar-refractivity contribution in [2.45, 2.75) is 26.2 Å². The van der Waals surface area contributed by atoms with Gasteiger partial charge in [0.2, 0.25) is 0 Å². The van der Waals surface area contributed by atoms with Crippen molar-refractivity contribution in [3.63, 3.8) is 0 Å². The van der Waals surface area contributed by atoms with Gasteiger partial charge in [0.15, 0.2) is 5.96 Å². The lowest BCUT2D eigenvalue weighted by Gasteiger charge is -2.12. The maximum atomic E-state index is 4.69. The number of aryl methyl sites for hydroxylation is 1. The average molecular weight is 319 g/mol. The summed E-state index contributed by atoms with van der Waals surface area (Å²) in [6, 6.07) is 4.27. The van der Waals surface area contributed by atoms with Crippen molar-refractivity contribution in [1.82, 2.24) is 20.4 Å². The second-order valence-electron chi connectivity index (χ2n) is 5.34. The van der Waals surface area contributed by atoms with E-state index < -0.39 is 0 Å². The SMILES string of the molecule is CCNC(=NCC(C)c1cccs1)NCCc1cnn(C)c1. The average Bonchev–Trinajstić information content (AvgIpc) is 3.16. The Labute approximate surface area is 136 Å². The molecule has 2 aromatic heterocycles. The molecule has 2 aromatic rings. The molecule has 1 atom stereocenters. The number of aliphatic imine (C=N–C) groups is 1. The first-order valence-electron chi connectivity index (χ1n) is 7.72. The van der Waals surface area contributed by atoms with Crippen LogP contribution in [-0.2, 0) is 13.5 Å². The van der Waals surface area contributed by atoms with E-state index in [-0.39, 0.29) is 0 Å². The first-order chi connectivity index (χ1) is 10.7. The van der Waals surface area contributed by atoms with E-state index >= 15 is 0 Å². The first-order valence-corrected chi connectivity index (χ1v) is 8.60. The lowest BCUT2D eigenvalue weighted by atomic mass is 10.1. The number of nitrogens with zero attached hydrogens (tertiary/aromatic N) is 3. The Morgan fingerprint density at radius 2 is 2.32 bits per heavy atom. The zero-order valence-corrected chi connectivity index (χ0v) is 14.4. The van der Waals surface area contributed by atoms with Crippen LogP contribution < -0.4 is 10.6 Å². The van der Waals surface area contributed by atoms with E-state index in [1.54, 1.807) is 11.3 Å². The summed E-state index contributed by atoms with van der Waals surface area (Å²) in [5.74, 6) is 1.34. The van der Waals surface area contributed by atoms with Gasteiger partial charge in [-0.15, -0.1) is 11.3 Å². The van der Waals surface area contributed by atoms with Gasteiger partial charge in [0.05, 0.1) is 12.7 Å². The molecule has 22 heavy (non-hydrogen) atoms. The van der Waals surface area contributed by atoms with Gasteiger partial charge in [-0.1, -0.05) is 13.0 Å². The number of rotatable bonds is 7. The quantitative estimate of drug-likeness (QED) is 0.608. The van der Waals surface area contributed by atoms with Crippen LogP contribution in [0.2, 0.25) is 0 Å². The number of aromatic nitrogens is 2. The van der Waals surface area contributed by atoms with Crippen molar-refractivity contribution in [2.75, 3.05) is 19.6 Å². The van der Waals surface area contributed by atoms with Crippen molar-refractivity contribution in [2.24, 2.45) is 12.0 Å². The lowest BCUT2D eigenvalue weighted by molar-refractivity contribution is 0.753. The van der Waals surface area contributed by atoms with Gasteiger partial charge in [0.25, 0.3) is 0 Å². The standard InChI is InChI=1S/C16H25N5S/c1-4-17-16(18-8-7-14-11-20-21(3)12-14)19-10-13(2)15-6-5-9-22-15/h5-6,9,11-13H,4,7-8,10H2,1-3H3,(H2,17,18,19). The number of hydrogen-bond donors (Lipinski definition) is 2.